The van der Waals surface area contributed by atoms with Gasteiger partial charge in [-0.15, -0.1) is 0 Å². The number of alkyl halides is 2. The number of nitrogens with one attached hydrogen (secondary N) is 2. The first kappa shape index (κ1) is 24.5. The van der Waals surface area contributed by atoms with E-state index in [0.29, 0.717) is 24.4 Å². The molecule has 0 saturated carbocycles. The number of pyridine rings is 3. The van der Waals surface area contributed by atoms with E-state index in [9.17, 15) is 13.2 Å². The van der Waals surface area contributed by atoms with E-state index in [4.69, 9.17) is 0 Å². The number of halogens is 3. The molecule has 6 heterocycles. The van der Waals surface area contributed by atoms with Crippen molar-refractivity contribution in [3.8, 4) is 33.6 Å². The van der Waals surface area contributed by atoms with E-state index in [2.05, 4.69) is 30.1 Å². The Kier molecular flexibility index (Phi) is 5.67. The van der Waals surface area contributed by atoms with Gasteiger partial charge >= 0.3 is 0 Å². The van der Waals surface area contributed by atoms with Gasteiger partial charge in [0.2, 0.25) is 0 Å². The van der Waals surface area contributed by atoms with Gasteiger partial charge in [0.25, 0.3) is 5.92 Å². The van der Waals surface area contributed by atoms with Gasteiger partial charge in [-0.25, -0.2) is 18.2 Å². The average Bonchev–Trinajstić information content (AvgIpc) is 3.63. The van der Waals surface area contributed by atoms with Gasteiger partial charge in [-0.05, 0) is 53.9 Å². The zero-order chi connectivity index (χ0) is 27.4. The smallest absolute Gasteiger partial charge is 0.261 e. The molecule has 2 N–H and O–H groups in total. The van der Waals surface area contributed by atoms with Gasteiger partial charge in [-0.2, -0.15) is 5.10 Å². The topological polar surface area (TPSA) is 86.4 Å². The Morgan fingerprint density at radius 2 is 1.75 bits per heavy atom. The molecule has 0 radical (unpaired) electrons. The summed E-state index contributed by atoms with van der Waals surface area (Å²) in [6.45, 7) is 2.41. The van der Waals surface area contributed by atoms with Crippen molar-refractivity contribution in [3.63, 3.8) is 0 Å². The van der Waals surface area contributed by atoms with Crippen molar-refractivity contribution in [2.45, 2.75) is 25.8 Å². The van der Waals surface area contributed by atoms with Crippen LogP contribution < -0.4 is 0 Å². The van der Waals surface area contributed by atoms with Crippen LogP contribution in [0.4, 0.5) is 13.2 Å². The minimum absolute atomic E-state index is 0.114. The fourth-order valence-corrected chi connectivity index (χ4v) is 5.50. The number of likely N-dealkylation sites (tertiary alicyclic amines) is 1. The first-order valence-corrected chi connectivity index (χ1v) is 12.9. The summed E-state index contributed by atoms with van der Waals surface area (Å²) in [5.41, 5.74) is 7.83. The third kappa shape index (κ3) is 4.50. The van der Waals surface area contributed by atoms with Crippen LogP contribution in [0.5, 0.6) is 0 Å². The molecule has 1 saturated heterocycles. The van der Waals surface area contributed by atoms with E-state index in [1.54, 1.807) is 35.9 Å². The maximum absolute atomic E-state index is 14.2. The number of aryl methyl sites for hydroxylation is 1. The number of aromatic amines is 2. The molecule has 1 fully saturated rings. The lowest BCUT2D eigenvalue weighted by Crippen LogP contribution is -2.24. The van der Waals surface area contributed by atoms with Crippen molar-refractivity contribution >= 4 is 21.9 Å². The van der Waals surface area contributed by atoms with Crippen LogP contribution in [0.1, 0.15) is 17.5 Å². The second kappa shape index (κ2) is 9.27. The van der Waals surface area contributed by atoms with Crippen LogP contribution in [0.3, 0.4) is 0 Å². The Bertz CT molecular complexity index is 1870. The SMILES string of the molecule is Cc1cc(F)cc(-c2cncc3[nH]c(-c4n[nH]c5ncc(-c6cncc(CN7CCC(F)(F)C7)c6)cc45)cc23)c1. The number of H-pyrrole nitrogens is 2. The Balaban J connectivity index is 1.25. The number of hydrogen-bond donors (Lipinski definition) is 2. The van der Waals surface area contributed by atoms with Crippen molar-refractivity contribution in [1.82, 2.24) is 35.0 Å². The highest BCUT2D eigenvalue weighted by Gasteiger charge is 2.37. The molecule has 0 aliphatic carbocycles. The van der Waals surface area contributed by atoms with E-state index in [1.807, 2.05) is 31.2 Å². The highest BCUT2D eigenvalue weighted by atomic mass is 19.3. The van der Waals surface area contributed by atoms with E-state index >= 15 is 0 Å². The molecule has 0 bridgehead atoms. The average molecular weight is 540 g/mol. The fourth-order valence-electron chi connectivity index (χ4n) is 5.50. The van der Waals surface area contributed by atoms with Crippen LogP contribution in [0.15, 0.2) is 67.4 Å². The van der Waals surface area contributed by atoms with E-state index in [-0.39, 0.29) is 18.8 Å². The van der Waals surface area contributed by atoms with Crippen molar-refractivity contribution in [1.29, 1.82) is 0 Å². The van der Waals surface area contributed by atoms with Gasteiger partial charge in [0, 0.05) is 71.8 Å². The molecule has 0 unspecified atom stereocenters. The summed E-state index contributed by atoms with van der Waals surface area (Å²) >= 11 is 0. The lowest BCUT2D eigenvalue weighted by Gasteiger charge is -2.15. The maximum atomic E-state index is 14.2. The number of nitrogens with zero attached hydrogens (tertiary/aromatic N) is 5. The van der Waals surface area contributed by atoms with Crippen LogP contribution in [-0.2, 0) is 6.54 Å². The molecule has 40 heavy (non-hydrogen) atoms. The predicted octanol–water partition coefficient (Wildman–Crippen LogP) is 6.52. The highest BCUT2D eigenvalue weighted by molar-refractivity contribution is 6.00. The minimum atomic E-state index is -2.63. The van der Waals surface area contributed by atoms with Gasteiger partial charge < -0.3 is 4.98 Å². The van der Waals surface area contributed by atoms with E-state index in [0.717, 1.165) is 55.4 Å². The summed E-state index contributed by atoms with van der Waals surface area (Å²) in [5.74, 6) is -2.93. The van der Waals surface area contributed by atoms with Gasteiger partial charge in [0.1, 0.15) is 11.5 Å². The standard InChI is InChI=1S/C30H24F3N7/c1-17-4-19(7-22(31)5-17)25-13-35-14-27-23(25)9-26(37-27)28-24-8-21(12-36-29(24)39-38-28)20-6-18(10-34-11-20)15-40-3-2-30(32,33)16-40/h4-14,37H,2-3,15-16H2,1H3,(H,36,38,39). The molecule has 0 amide bonds. The molecule has 1 aliphatic rings. The zero-order valence-corrected chi connectivity index (χ0v) is 21.5. The van der Waals surface area contributed by atoms with Gasteiger partial charge in [0.15, 0.2) is 5.65 Å². The second-order valence-electron chi connectivity index (χ2n) is 10.4. The lowest BCUT2D eigenvalue weighted by atomic mass is 10.0. The van der Waals surface area contributed by atoms with Gasteiger partial charge in [-0.1, -0.05) is 6.07 Å². The molecule has 10 heteroatoms. The lowest BCUT2D eigenvalue weighted by molar-refractivity contribution is 0.0115. The van der Waals surface area contributed by atoms with E-state index < -0.39 is 5.92 Å². The molecule has 7 nitrogen and oxygen atoms in total. The summed E-state index contributed by atoms with van der Waals surface area (Å²) < 4.78 is 41.5. The number of benzene rings is 1. The Morgan fingerprint density at radius 3 is 2.58 bits per heavy atom. The van der Waals surface area contributed by atoms with E-state index in [1.165, 1.54) is 12.1 Å². The highest BCUT2D eigenvalue weighted by Crippen LogP contribution is 2.35. The summed E-state index contributed by atoms with van der Waals surface area (Å²) in [7, 11) is 0. The molecule has 0 atom stereocenters. The molecule has 1 aliphatic heterocycles. The first-order chi connectivity index (χ1) is 19.3. The van der Waals surface area contributed by atoms with Crippen LogP contribution in [-0.4, -0.2) is 54.0 Å². The molecule has 0 spiro atoms. The van der Waals surface area contributed by atoms with Crippen molar-refractivity contribution in [2.24, 2.45) is 0 Å². The third-order valence-corrected chi connectivity index (χ3v) is 7.35. The fraction of sp³-hybridized carbons (Fsp3) is 0.200. The number of rotatable bonds is 5. The Morgan fingerprint density at radius 1 is 0.900 bits per heavy atom. The van der Waals surface area contributed by atoms with Gasteiger partial charge in [-0.3, -0.25) is 20.0 Å². The van der Waals surface area contributed by atoms with Crippen molar-refractivity contribution in [3.05, 3.63) is 84.3 Å². The number of fused-ring (bicyclic) bond motifs is 2. The summed E-state index contributed by atoms with van der Waals surface area (Å²) in [6, 6.07) is 10.9. The largest absolute Gasteiger partial charge is 0.352 e. The third-order valence-electron chi connectivity index (χ3n) is 7.35. The molecular weight excluding hydrogens is 515 g/mol. The van der Waals surface area contributed by atoms with Crippen LogP contribution in [0, 0.1) is 12.7 Å². The first-order valence-electron chi connectivity index (χ1n) is 12.9. The number of aromatic nitrogens is 6. The summed E-state index contributed by atoms with van der Waals surface area (Å²) in [4.78, 5) is 18.4. The summed E-state index contributed by atoms with van der Waals surface area (Å²) in [5, 5.41) is 9.24. The molecule has 200 valence electrons. The molecular formula is C30H24F3N7. The summed E-state index contributed by atoms with van der Waals surface area (Å²) in [6.07, 6.45) is 8.56. The molecule has 7 rings (SSSR count). The molecule has 5 aromatic heterocycles. The maximum Gasteiger partial charge on any atom is 0.261 e. The van der Waals surface area contributed by atoms with Crippen molar-refractivity contribution < 1.29 is 13.2 Å². The van der Waals surface area contributed by atoms with Crippen LogP contribution in [0.25, 0.3) is 55.6 Å². The second-order valence-corrected chi connectivity index (χ2v) is 10.4. The van der Waals surface area contributed by atoms with Crippen molar-refractivity contribution in [2.75, 3.05) is 13.1 Å². The van der Waals surface area contributed by atoms with Crippen LogP contribution >= 0.6 is 0 Å². The number of hydrogen-bond acceptors (Lipinski definition) is 5. The monoisotopic (exact) mass is 539 g/mol. The molecule has 1 aromatic carbocycles. The zero-order valence-electron chi connectivity index (χ0n) is 21.5. The minimum Gasteiger partial charge on any atom is -0.352 e. The predicted molar refractivity (Wildman–Crippen MR) is 147 cm³/mol. The Hall–Kier alpha value is -4.57. The molecule has 6 aromatic rings. The Labute approximate surface area is 227 Å². The quantitative estimate of drug-likeness (QED) is 0.261. The van der Waals surface area contributed by atoms with Crippen LogP contribution in [0.2, 0.25) is 0 Å². The van der Waals surface area contributed by atoms with Gasteiger partial charge in [0.05, 0.1) is 24.0 Å². The normalized spacial score (nSPS) is 15.4.